The molecule has 1 N–H and O–H groups in total. The second-order valence-electron chi connectivity index (χ2n) is 10.1. The zero-order chi connectivity index (χ0) is 27.9. The molecule has 40 heavy (non-hydrogen) atoms. The summed E-state index contributed by atoms with van der Waals surface area (Å²) in [5, 5.41) is 11.7. The maximum absolute atomic E-state index is 14.1. The van der Waals surface area contributed by atoms with E-state index >= 15 is 0 Å². The summed E-state index contributed by atoms with van der Waals surface area (Å²) in [4.78, 5) is 29.8. The van der Waals surface area contributed by atoms with Crippen molar-refractivity contribution in [3.05, 3.63) is 83.9 Å². The van der Waals surface area contributed by atoms with Crippen molar-refractivity contribution in [3.63, 3.8) is 0 Å². The highest BCUT2D eigenvalue weighted by atomic mass is 16.5. The van der Waals surface area contributed by atoms with Gasteiger partial charge in [0, 0.05) is 18.7 Å². The molecule has 9 heteroatoms. The van der Waals surface area contributed by atoms with Gasteiger partial charge in [0.1, 0.15) is 29.6 Å². The number of amides is 2. The number of aromatic nitrogens is 3. The first-order valence-corrected chi connectivity index (χ1v) is 13.7. The monoisotopic (exact) mass is 541 g/mol. The third kappa shape index (κ3) is 6.25. The predicted molar refractivity (Wildman–Crippen MR) is 152 cm³/mol. The summed E-state index contributed by atoms with van der Waals surface area (Å²) >= 11 is 0. The summed E-state index contributed by atoms with van der Waals surface area (Å²) in [6.07, 6.45) is 4.61. The maximum atomic E-state index is 14.1. The lowest BCUT2D eigenvalue weighted by Gasteiger charge is -2.33. The molecule has 0 radical (unpaired) electrons. The summed E-state index contributed by atoms with van der Waals surface area (Å²) in [5.41, 5.74) is 3.16. The number of rotatable bonds is 11. The number of nitrogens with zero attached hydrogens (tertiary/aromatic N) is 4. The van der Waals surface area contributed by atoms with Crippen LogP contribution in [-0.4, -0.2) is 58.5 Å². The Kier molecular flexibility index (Phi) is 8.59. The first-order chi connectivity index (χ1) is 19.6. The molecule has 1 aromatic heterocycles. The molecule has 1 heterocycles. The van der Waals surface area contributed by atoms with Gasteiger partial charge in [0.15, 0.2) is 0 Å². The van der Waals surface area contributed by atoms with Crippen molar-refractivity contribution >= 4 is 22.8 Å². The molecule has 0 aliphatic heterocycles. The number of para-hydroxylation sites is 1. The topological polar surface area (TPSA) is 98.6 Å². The molecule has 0 spiro atoms. The molecule has 0 saturated heterocycles. The van der Waals surface area contributed by atoms with Crippen molar-refractivity contribution in [1.29, 1.82) is 0 Å². The second kappa shape index (κ2) is 12.6. The van der Waals surface area contributed by atoms with E-state index in [4.69, 9.17) is 9.47 Å². The van der Waals surface area contributed by atoms with Gasteiger partial charge in [-0.25, -0.2) is 4.68 Å². The Labute approximate surface area is 234 Å². The van der Waals surface area contributed by atoms with E-state index in [-0.39, 0.29) is 24.4 Å². The van der Waals surface area contributed by atoms with Crippen LogP contribution in [0.5, 0.6) is 11.5 Å². The van der Waals surface area contributed by atoms with Gasteiger partial charge in [0.05, 0.1) is 19.7 Å². The average molecular weight is 542 g/mol. The maximum Gasteiger partial charge on any atom is 0.247 e. The lowest BCUT2D eigenvalue weighted by molar-refractivity contribution is -0.141. The van der Waals surface area contributed by atoms with Gasteiger partial charge in [0.25, 0.3) is 0 Å². The molecule has 1 aliphatic carbocycles. The van der Waals surface area contributed by atoms with Crippen LogP contribution in [0.1, 0.15) is 42.9 Å². The molecule has 9 nitrogen and oxygen atoms in total. The zero-order valence-corrected chi connectivity index (χ0v) is 23.0. The van der Waals surface area contributed by atoms with Gasteiger partial charge in [-0.2, -0.15) is 0 Å². The van der Waals surface area contributed by atoms with Crippen LogP contribution in [0.25, 0.3) is 11.0 Å². The first-order valence-electron chi connectivity index (χ1n) is 13.7. The van der Waals surface area contributed by atoms with Crippen LogP contribution < -0.4 is 14.8 Å². The number of nitrogens with one attached hydrogen (secondary N) is 1. The quantitative estimate of drug-likeness (QED) is 0.304. The Morgan fingerprint density at radius 1 is 0.975 bits per heavy atom. The Bertz CT molecular complexity index is 1430. The lowest BCUT2D eigenvalue weighted by atomic mass is 10.0. The van der Waals surface area contributed by atoms with Crippen molar-refractivity contribution in [2.24, 2.45) is 0 Å². The standard InChI is InChI=1S/C31H35N5O4/c1-39-25-18-23(19-26(20-25)40-2)30(31(38)32-24-12-6-7-13-24)35(17-16-22-10-4-3-5-11-22)29(37)21-36-28-15-9-8-14-27(28)33-34-36/h3-5,8-11,14-15,18-20,24,30H,6-7,12-13,16-17,21H2,1-2H3,(H,32,38). The smallest absolute Gasteiger partial charge is 0.247 e. The summed E-state index contributed by atoms with van der Waals surface area (Å²) in [5.74, 6) is 0.642. The predicted octanol–water partition coefficient (Wildman–Crippen LogP) is 4.32. The summed E-state index contributed by atoms with van der Waals surface area (Å²) < 4.78 is 12.6. The van der Waals surface area contributed by atoms with E-state index in [1.165, 1.54) is 0 Å². The van der Waals surface area contributed by atoms with Crippen LogP contribution in [0.2, 0.25) is 0 Å². The van der Waals surface area contributed by atoms with Gasteiger partial charge in [-0.05, 0) is 54.7 Å². The lowest BCUT2D eigenvalue weighted by Crippen LogP contribution is -2.47. The minimum absolute atomic E-state index is 0.0520. The van der Waals surface area contributed by atoms with Crippen LogP contribution in [0.4, 0.5) is 0 Å². The van der Waals surface area contributed by atoms with E-state index in [9.17, 15) is 9.59 Å². The molecule has 1 atom stereocenters. The molecular weight excluding hydrogens is 506 g/mol. The molecule has 1 aliphatic rings. The number of ether oxygens (including phenoxy) is 2. The third-order valence-corrected chi connectivity index (χ3v) is 7.46. The van der Waals surface area contributed by atoms with E-state index in [2.05, 4.69) is 15.6 Å². The van der Waals surface area contributed by atoms with Crippen molar-refractivity contribution in [1.82, 2.24) is 25.2 Å². The number of methoxy groups -OCH3 is 2. The SMILES string of the molecule is COc1cc(OC)cc(C(C(=O)NC2CCCC2)N(CCc2ccccc2)C(=O)Cn2nnc3ccccc32)c1. The van der Waals surface area contributed by atoms with Crippen molar-refractivity contribution < 1.29 is 19.1 Å². The van der Waals surface area contributed by atoms with Gasteiger partial charge < -0.3 is 19.7 Å². The Morgan fingerprint density at radius 3 is 2.35 bits per heavy atom. The number of carbonyl (C=O) groups is 2. The Morgan fingerprint density at radius 2 is 1.65 bits per heavy atom. The Hall–Kier alpha value is -4.40. The van der Waals surface area contributed by atoms with Crippen molar-refractivity contribution in [3.8, 4) is 11.5 Å². The summed E-state index contributed by atoms with van der Waals surface area (Å²) in [6.45, 7) is 0.279. The molecule has 3 aromatic carbocycles. The average Bonchev–Trinajstić information content (AvgIpc) is 3.65. The molecule has 1 unspecified atom stereocenters. The number of benzene rings is 3. The van der Waals surface area contributed by atoms with Gasteiger partial charge in [0.2, 0.25) is 11.8 Å². The number of hydrogen-bond acceptors (Lipinski definition) is 6. The molecule has 5 rings (SSSR count). The van der Waals surface area contributed by atoms with Crippen LogP contribution in [0.15, 0.2) is 72.8 Å². The van der Waals surface area contributed by atoms with Crippen molar-refractivity contribution in [2.75, 3.05) is 20.8 Å². The van der Waals surface area contributed by atoms with Gasteiger partial charge in [-0.15, -0.1) is 5.10 Å². The van der Waals surface area contributed by atoms with Gasteiger partial charge >= 0.3 is 0 Å². The fourth-order valence-corrected chi connectivity index (χ4v) is 5.36. The fourth-order valence-electron chi connectivity index (χ4n) is 5.36. The van der Waals surface area contributed by atoms with E-state index in [1.807, 2.05) is 54.6 Å². The molecular formula is C31H35N5O4. The number of hydrogen-bond donors (Lipinski definition) is 1. The van der Waals surface area contributed by atoms with Crippen molar-refractivity contribution in [2.45, 2.75) is 50.7 Å². The second-order valence-corrected chi connectivity index (χ2v) is 10.1. The van der Waals surface area contributed by atoms with Crippen LogP contribution >= 0.6 is 0 Å². The van der Waals surface area contributed by atoms with Crippen LogP contribution in [0.3, 0.4) is 0 Å². The minimum atomic E-state index is -0.893. The van der Waals surface area contributed by atoms with E-state index in [1.54, 1.807) is 42.0 Å². The highest BCUT2D eigenvalue weighted by Crippen LogP contribution is 2.31. The molecule has 208 valence electrons. The third-order valence-electron chi connectivity index (χ3n) is 7.46. The fraction of sp³-hybridized carbons (Fsp3) is 0.355. The molecule has 2 amide bonds. The highest BCUT2D eigenvalue weighted by Gasteiger charge is 2.34. The summed E-state index contributed by atoms with van der Waals surface area (Å²) in [7, 11) is 3.14. The zero-order valence-electron chi connectivity index (χ0n) is 23.0. The molecule has 1 saturated carbocycles. The van der Waals surface area contributed by atoms with Crippen LogP contribution in [-0.2, 0) is 22.6 Å². The number of fused-ring (bicyclic) bond motifs is 1. The van der Waals surface area contributed by atoms with Gasteiger partial charge in [-0.3, -0.25) is 9.59 Å². The Balaban J connectivity index is 1.54. The molecule has 1 fully saturated rings. The summed E-state index contributed by atoms with van der Waals surface area (Å²) in [6, 6.07) is 22.0. The van der Waals surface area contributed by atoms with E-state index in [0.29, 0.717) is 35.5 Å². The highest BCUT2D eigenvalue weighted by molar-refractivity contribution is 5.89. The largest absolute Gasteiger partial charge is 0.497 e. The number of carbonyl (C=O) groups excluding carboxylic acids is 2. The molecule has 4 aromatic rings. The normalized spacial score (nSPS) is 14.2. The van der Waals surface area contributed by atoms with Gasteiger partial charge in [-0.1, -0.05) is 60.5 Å². The first kappa shape index (κ1) is 27.2. The van der Waals surface area contributed by atoms with E-state index in [0.717, 1.165) is 36.8 Å². The molecule has 0 bridgehead atoms. The minimum Gasteiger partial charge on any atom is -0.497 e. The van der Waals surface area contributed by atoms with Crippen LogP contribution in [0, 0.1) is 0 Å². The van der Waals surface area contributed by atoms with E-state index < -0.39 is 6.04 Å².